The van der Waals surface area contributed by atoms with Gasteiger partial charge in [0.2, 0.25) is 0 Å². The summed E-state index contributed by atoms with van der Waals surface area (Å²) in [6, 6.07) is 51.6. The molecule has 0 aliphatic carbocycles. The van der Waals surface area contributed by atoms with Crippen molar-refractivity contribution in [2.24, 2.45) is 0 Å². The Morgan fingerprint density at radius 3 is 2.17 bits per heavy atom. The number of H-pyrrole nitrogens is 1. The highest BCUT2D eigenvalue weighted by Crippen LogP contribution is 2.33. The Hall–Kier alpha value is -7.32. The third kappa shape index (κ3) is 7.63. The molecule has 3 N–H and O–H groups in total. The molecule has 2 amide bonds. The average molecular weight is 706 g/mol. The fourth-order valence-corrected chi connectivity index (χ4v) is 6.41. The highest BCUT2D eigenvalue weighted by Gasteiger charge is 2.18. The summed E-state index contributed by atoms with van der Waals surface area (Å²) < 4.78 is 5.91. The van der Waals surface area contributed by atoms with Gasteiger partial charge in [-0.05, 0) is 83.4 Å². The van der Waals surface area contributed by atoms with Crippen molar-refractivity contribution in [3.8, 4) is 28.3 Å². The number of rotatable bonds is 11. The van der Waals surface area contributed by atoms with Crippen LogP contribution in [0.3, 0.4) is 0 Å². The summed E-state index contributed by atoms with van der Waals surface area (Å²) in [5.41, 5.74) is 9.20. The lowest BCUT2D eigenvalue weighted by Gasteiger charge is -2.14. The van der Waals surface area contributed by atoms with E-state index in [1.165, 1.54) is 0 Å². The zero-order valence-electron chi connectivity index (χ0n) is 29.2. The number of amides is 2. The summed E-state index contributed by atoms with van der Waals surface area (Å²) >= 11 is 0. The van der Waals surface area contributed by atoms with Gasteiger partial charge in [-0.25, -0.2) is 0 Å². The van der Waals surface area contributed by atoms with Gasteiger partial charge in [0.15, 0.2) is 0 Å². The molecule has 54 heavy (non-hydrogen) atoms. The van der Waals surface area contributed by atoms with Gasteiger partial charge in [-0.1, -0.05) is 97.1 Å². The van der Waals surface area contributed by atoms with E-state index >= 15 is 0 Å². The first-order valence-corrected chi connectivity index (χ1v) is 17.6. The zero-order chi connectivity index (χ0) is 36.7. The van der Waals surface area contributed by atoms with Gasteiger partial charge in [0.1, 0.15) is 12.4 Å². The second kappa shape index (κ2) is 15.5. The van der Waals surface area contributed by atoms with Crippen LogP contribution < -0.4 is 15.4 Å². The Morgan fingerprint density at radius 1 is 0.611 bits per heavy atom. The van der Waals surface area contributed by atoms with Crippen LogP contribution in [0, 0.1) is 0 Å². The predicted molar refractivity (Wildman–Crippen MR) is 214 cm³/mol. The van der Waals surface area contributed by atoms with Crippen molar-refractivity contribution in [3.05, 3.63) is 198 Å². The Bertz CT molecular complexity index is 2570. The van der Waals surface area contributed by atoms with E-state index in [0.717, 1.165) is 38.7 Å². The maximum atomic E-state index is 13.5. The molecule has 0 aliphatic heterocycles. The lowest BCUT2D eigenvalue weighted by Crippen LogP contribution is -2.13. The van der Waals surface area contributed by atoms with Crippen LogP contribution in [0.4, 0.5) is 11.4 Å². The molecule has 0 radical (unpaired) electrons. The number of carbonyl (C=O) groups excluding carboxylic acids is 2. The Kier molecular flexibility index (Phi) is 9.71. The lowest BCUT2D eigenvalue weighted by atomic mass is 9.96. The van der Waals surface area contributed by atoms with Gasteiger partial charge in [-0.3, -0.25) is 9.59 Å². The first kappa shape index (κ1) is 33.8. The first-order valence-electron chi connectivity index (χ1n) is 17.6. The summed E-state index contributed by atoms with van der Waals surface area (Å²) in [6.45, 7) is 0.441. The molecule has 0 bridgehead atoms. The van der Waals surface area contributed by atoms with Crippen LogP contribution >= 0.6 is 0 Å². The number of benzene rings is 6. The predicted octanol–water partition coefficient (Wildman–Crippen LogP) is 9.97. The van der Waals surface area contributed by atoms with Crippen molar-refractivity contribution < 1.29 is 14.3 Å². The van der Waals surface area contributed by atoms with Crippen molar-refractivity contribution >= 4 is 34.1 Å². The monoisotopic (exact) mass is 705 g/mol. The largest absolute Gasteiger partial charge is 0.489 e. The molecule has 0 saturated heterocycles. The number of anilines is 2. The maximum absolute atomic E-state index is 13.5. The molecule has 8 nitrogen and oxygen atoms in total. The third-order valence-corrected chi connectivity index (χ3v) is 9.17. The summed E-state index contributed by atoms with van der Waals surface area (Å²) in [7, 11) is 0. The summed E-state index contributed by atoms with van der Waals surface area (Å²) in [5, 5.41) is 16.6. The van der Waals surface area contributed by atoms with Crippen LogP contribution in [0.2, 0.25) is 0 Å². The minimum atomic E-state index is -0.258. The highest BCUT2D eigenvalue weighted by atomic mass is 16.5. The fourth-order valence-electron chi connectivity index (χ4n) is 6.41. The number of para-hydroxylation sites is 3. The molecule has 6 aromatic carbocycles. The average Bonchev–Trinajstić information content (AvgIpc) is 3.63. The summed E-state index contributed by atoms with van der Waals surface area (Å²) in [6.07, 6.45) is 2.57. The van der Waals surface area contributed by atoms with Gasteiger partial charge in [-0.15, -0.1) is 10.2 Å². The van der Waals surface area contributed by atoms with Crippen LogP contribution in [0.1, 0.15) is 37.4 Å². The molecule has 2 heterocycles. The number of carbonyl (C=O) groups is 2. The fraction of sp³-hybridized carbons (Fsp3) is 0.0435. The molecular weight excluding hydrogens is 671 g/mol. The first-order chi connectivity index (χ1) is 26.6. The topological polar surface area (TPSA) is 109 Å². The Balaban J connectivity index is 1.09. The van der Waals surface area contributed by atoms with E-state index in [1.807, 2.05) is 128 Å². The number of aromatic nitrogens is 3. The number of hydrogen-bond acceptors (Lipinski definition) is 5. The molecule has 2 aromatic heterocycles. The van der Waals surface area contributed by atoms with Crippen molar-refractivity contribution in [1.29, 1.82) is 0 Å². The van der Waals surface area contributed by atoms with E-state index in [9.17, 15) is 9.59 Å². The molecule has 0 unspecified atom stereocenters. The van der Waals surface area contributed by atoms with Crippen molar-refractivity contribution in [3.63, 3.8) is 0 Å². The quantitative estimate of drug-likeness (QED) is 0.124. The van der Waals surface area contributed by atoms with Crippen molar-refractivity contribution in [2.75, 3.05) is 10.6 Å². The second-order valence-electron chi connectivity index (χ2n) is 12.8. The van der Waals surface area contributed by atoms with Gasteiger partial charge in [0, 0.05) is 51.5 Å². The standard InChI is InChI=1S/C46H35N5O3/c52-45(32-22-24-38(25-23-32)54-30-31-12-3-1-4-13-31)49-42-21-10-8-19-40(42)43-28-35(27-36-29-47-41-20-9-7-18-39(36)41)44(51-50-43)33-14-11-15-34(26-33)46(53)48-37-16-5-2-6-17-37/h1-26,28-29,47H,27,30H2,(H,48,53)(H,49,52). The van der Waals surface area contributed by atoms with E-state index < -0.39 is 0 Å². The number of fused-ring (bicyclic) bond motifs is 1. The molecule has 0 spiro atoms. The van der Waals surface area contributed by atoms with Gasteiger partial charge in [0.25, 0.3) is 11.8 Å². The molecule has 0 aliphatic rings. The smallest absolute Gasteiger partial charge is 0.255 e. The van der Waals surface area contributed by atoms with E-state index in [1.54, 1.807) is 30.3 Å². The normalized spacial score (nSPS) is 10.9. The Morgan fingerprint density at radius 2 is 1.33 bits per heavy atom. The van der Waals surface area contributed by atoms with E-state index in [0.29, 0.717) is 52.7 Å². The van der Waals surface area contributed by atoms with Crippen molar-refractivity contribution in [2.45, 2.75) is 13.0 Å². The summed E-state index contributed by atoms with van der Waals surface area (Å²) in [4.78, 5) is 30.1. The molecule has 8 rings (SSSR count). The van der Waals surface area contributed by atoms with Crippen LogP contribution in [0.15, 0.2) is 170 Å². The number of hydrogen-bond donors (Lipinski definition) is 3. The molecular formula is C46H35N5O3. The van der Waals surface area contributed by atoms with Crippen molar-refractivity contribution in [1.82, 2.24) is 15.2 Å². The van der Waals surface area contributed by atoms with Gasteiger partial charge < -0.3 is 20.4 Å². The van der Waals surface area contributed by atoms with Gasteiger partial charge in [0.05, 0.1) is 17.1 Å². The SMILES string of the molecule is O=C(Nc1ccccc1)c1cccc(-c2nnc(-c3ccccc3NC(=O)c3ccc(OCc4ccccc4)cc3)cc2Cc2c[nH]c3ccccc23)c1. The minimum Gasteiger partial charge on any atom is -0.489 e. The molecule has 8 heteroatoms. The molecule has 0 atom stereocenters. The minimum absolute atomic E-state index is 0.218. The van der Waals surface area contributed by atoms with E-state index in [2.05, 4.69) is 27.8 Å². The van der Waals surface area contributed by atoms with Crippen LogP contribution in [0.25, 0.3) is 33.4 Å². The van der Waals surface area contributed by atoms with Crippen LogP contribution in [-0.4, -0.2) is 27.0 Å². The summed E-state index contributed by atoms with van der Waals surface area (Å²) in [5.74, 6) is 0.201. The molecule has 0 fully saturated rings. The molecule has 262 valence electrons. The van der Waals surface area contributed by atoms with E-state index in [-0.39, 0.29) is 11.8 Å². The highest BCUT2D eigenvalue weighted by molar-refractivity contribution is 6.06. The zero-order valence-corrected chi connectivity index (χ0v) is 29.2. The van der Waals surface area contributed by atoms with Crippen LogP contribution in [0.5, 0.6) is 5.75 Å². The second-order valence-corrected chi connectivity index (χ2v) is 12.8. The number of nitrogens with zero attached hydrogens (tertiary/aromatic N) is 2. The number of ether oxygens (including phenoxy) is 1. The van der Waals surface area contributed by atoms with Gasteiger partial charge >= 0.3 is 0 Å². The third-order valence-electron chi connectivity index (χ3n) is 9.17. The number of nitrogens with one attached hydrogen (secondary N) is 3. The van der Waals surface area contributed by atoms with E-state index in [4.69, 9.17) is 14.9 Å². The lowest BCUT2D eigenvalue weighted by molar-refractivity contribution is 0.101. The molecule has 8 aromatic rings. The molecule has 0 saturated carbocycles. The maximum Gasteiger partial charge on any atom is 0.255 e. The Labute approximate surface area is 312 Å². The van der Waals surface area contributed by atoms with Gasteiger partial charge in [-0.2, -0.15) is 0 Å². The number of aromatic amines is 1. The van der Waals surface area contributed by atoms with Crippen LogP contribution in [-0.2, 0) is 13.0 Å².